The quantitative estimate of drug-likeness (QED) is 0.381. The van der Waals surface area contributed by atoms with E-state index in [2.05, 4.69) is 15.5 Å². The predicted octanol–water partition coefficient (Wildman–Crippen LogP) is 4.46. The van der Waals surface area contributed by atoms with Crippen molar-refractivity contribution in [2.45, 2.75) is 32.2 Å². The van der Waals surface area contributed by atoms with Crippen LogP contribution in [0.15, 0.2) is 76.5 Å². The fourth-order valence-electron chi connectivity index (χ4n) is 3.27. The van der Waals surface area contributed by atoms with E-state index in [1.165, 1.54) is 11.8 Å². The Balaban J connectivity index is 1.48. The van der Waals surface area contributed by atoms with Gasteiger partial charge in [-0.2, -0.15) is 0 Å². The zero-order valence-corrected chi connectivity index (χ0v) is 18.8. The van der Waals surface area contributed by atoms with E-state index in [4.69, 9.17) is 9.15 Å². The van der Waals surface area contributed by atoms with Crippen molar-refractivity contribution in [1.82, 2.24) is 20.1 Å². The number of hydrogen-bond donors (Lipinski definition) is 1. The van der Waals surface area contributed by atoms with Gasteiger partial charge < -0.3 is 14.5 Å². The van der Waals surface area contributed by atoms with E-state index < -0.39 is 0 Å². The van der Waals surface area contributed by atoms with Gasteiger partial charge in [0.1, 0.15) is 18.1 Å². The lowest BCUT2D eigenvalue weighted by Gasteiger charge is -2.13. The number of carbonyl (C=O) groups excluding carboxylic acids is 1. The first-order valence-electron chi connectivity index (χ1n) is 10.2. The fraction of sp³-hybridized carbons (Fsp3) is 0.208. The van der Waals surface area contributed by atoms with Crippen molar-refractivity contribution in [1.29, 1.82) is 0 Å². The highest BCUT2D eigenvalue weighted by Crippen LogP contribution is 2.26. The Hall–Kier alpha value is -3.52. The van der Waals surface area contributed by atoms with Gasteiger partial charge in [0.05, 0.1) is 18.6 Å². The molecule has 0 spiro atoms. The van der Waals surface area contributed by atoms with E-state index >= 15 is 0 Å². The summed E-state index contributed by atoms with van der Waals surface area (Å²) in [4.78, 5) is 12.3. The van der Waals surface area contributed by atoms with Crippen LogP contribution in [0.1, 0.15) is 22.7 Å². The normalized spacial score (nSPS) is 10.8. The number of nitrogens with one attached hydrogen (secondary N) is 1. The maximum atomic E-state index is 12.3. The minimum Gasteiger partial charge on any atom is -0.485 e. The molecule has 0 unspecified atom stereocenters. The molecule has 32 heavy (non-hydrogen) atoms. The second kappa shape index (κ2) is 10.2. The number of furan rings is 1. The molecule has 0 radical (unpaired) electrons. The second-order valence-electron chi connectivity index (χ2n) is 7.22. The lowest BCUT2D eigenvalue weighted by molar-refractivity contribution is -0.118. The summed E-state index contributed by atoms with van der Waals surface area (Å²) in [6.07, 6.45) is 1.58. The number of ether oxygens (including phenoxy) is 1. The summed E-state index contributed by atoms with van der Waals surface area (Å²) in [5.74, 6) is 2.33. The largest absolute Gasteiger partial charge is 0.485 e. The summed E-state index contributed by atoms with van der Waals surface area (Å²) in [7, 11) is 0. The molecule has 1 N–H and O–H groups in total. The van der Waals surface area contributed by atoms with Gasteiger partial charge in [0.25, 0.3) is 0 Å². The van der Waals surface area contributed by atoms with Crippen LogP contribution >= 0.6 is 11.8 Å². The third-order valence-electron chi connectivity index (χ3n) is 4.84. The van der Waals surface area contributed by atoms with Crippen molar-refractivity contribution in [3.63, 3.8) is 0 Å². The summed E-state index contributed by atoms with van der Waals surface area (Å²) in [5, 5.41) is 12.2. The first kappa shape index (κ1) is 21.7. The molecule has 4 aromatic rings. The summed E-state index contributed by atoms with van der Waals surface area (Å²) in [6.45, 7) is 4.66. The lowest BCUT2D eigenvalue weighted by atomic mass is 10.1. The van der Waals surface area contributed by atoms with E-state index in [0.29, 0.717) is 23.3 Å². The highest BCUT2D eigenvalue weighted by atomic mass is 32.2. The van der Waals surface area contributed by atoms with Gasteiger partial charge in [0.2, 0.25) is 5.91 Å². The van der Waals surface area contributed by atoms with Gasteiger partial charge in [-0.05, 0) is 49.2 Å². The molecule has 164 valence electrons. The number of aromatic nitrogens is 3. The van der Waals surface area contributed by atoms with Crippen LogP contribution in [0, 0.1) is 13.8 Å². The van der Waals surface area contributed by atoms with E-state index in [-0.39, 0.29) is 18.3 Å². The van der Waals surface area contributed by atoms with E-state index in [9.17, 15) is 4.79 Å². The molecular weight excluding hydrogens is 424 g/mol. The van der Waals surface area contributed by atoms with Gasteiger partial charge in [0.15, 0.2) is 11.0 Å². The molecule has 2 aromatic carbocycles. The number of aryl methyl sites for hydroxylation is 2. The molecular formula is C24H24N4O3S. The first-order valence-corrected chi connectivity index (χ1v) is 11.2. The van der Waals surface area contributed by atoms with Gasteiger partial charge in [-0.1, -0.05) is 48.2 Å². The molecule has 0 fully saturated rings. The molecule has 2 heterocycles. The van der Waals surface area contributed by atoms with Crippen LogP contribution < -0.4 is 10.1 Å². The Morgan fingerprint density at radius 3 is 2.53 bits per heavy atom. The fourth-order valence-corrected chi connectivity index (χ4v) is 4.07. The van der Waals surface area contributed by atoms with Crippen LogP contribution in [0.5, 0.6) is 5.75 Å². The first-order chi connectivity index (χ1) is 15.6. The molecule has 0 atom stereocenters. The van der Waals surface area contributed by atoms with Crippen LogP contribution in [0.4, 0.5) is 0 Å². The number of nitrogens with zero attached hydrogens (tertiary/aromatic N) is 3. The average Bonchev–Trinajstić information content (AvgIpc) is 3.46. The molecule has 0 saturated carbocycles. The van der Waals surface area contributed by atoms with Crippen molar-refractivity contribution in [2.24, 2.45) is 0 Å². The summed E-state index contributed by atoms with van der Waals surface area (Å²) in [5.41, 5.74) is 3.05. The lowest BCUT2D eigenvalue weighted by Crippen LogP contribution is -2.24. The zero-order valence-electron chi connectivity index (χ0n) is 17.9. The molecule has 0 aliphatic carbocycles. The highest BCUT2D eigenvalue weighted by molar-refractivity contribution is 7.99. The van der Waals surface area contributed by atoms with Crippen LogP contribution in [0.2, 0.25) is 0 Å². The van der Waals surface area contributed by atoms with Crippen molar-refractivity contribution in [3.05, 3.63) is 89.6 Å². The molecule has 1 amide bonds. The summed E-state index contributed by atoms with van der Waals surface area (Å²) >= 11 is 1.33. The second-order valence-corrected chi connectivity index (χ2v) is 8.17. The smallest absolute Gasteiger partial charge is 0.230 e. The molecule has 0 saturated heterocycles. The maximum absolute atomic E-state index is 12.3. The van der Waals surface area contributed by atoms with Gasteiger partial charge in [-0.15, -0.1) is 10.2 Å². The minimum absolute atomic E-state index is 0.109. The molecule has 7 nitrogen and oxygen atoms in total. The number of para-hydroxylation sites is 2. The molecule has 0 aliphatic rings. The van der Waals surface area contributed by atoms with Crippen LogP contribution in [-0.4, -0.2) is 26.4 Å². The van der Waals surface area contributed by atoms with E-state index in [0.717, 1.165) is 22.6 Å². The maximum Gasteiger partial charge on any atom is 0.230 e. The average molecular weight is 449 g/mol. The molecule has 0 aliphatic heterocycles. The van der Waals surface area contributed by atoms with Gasteiger partial charge in [-0.3, -0.25) is 9.36 Å². The van der Waals surface area contributed by atoms with Gasteiger partial charge >= 0.3 is 0 Å². The standard InChI is InChI=1S/C24H24N4O3S/c1-17-8-6-9-18(2)23(17)31-15-21-26-27-24(28(21)19-10-4-3-5-11-19)32-16-22(29)25-14-20-12-7-13-30-20/h3-13H,14-16H2,1-2H3,(H,25,29). The van der Waals surface area contributed by atoms with Gasteiger partial charge in [0, 0.05) is 5.69 Å². The van der Waals surface area contributed by atoms with E-state index in [1.54, 1.807) is 12.3 Å². The molecule has 0 bridgehead atoms. The minimum atomic E-state index is -0.109. The Kier molecular flexibility index (Phi) is 6.91. The zero-order chi connectivity index (χ0) is 22.3. The van der Waals surface area contributed by atoms with Crippen LogP contribution in [0.25, 0.3) is 5.69 Å². The Labute approximate surface area is 190 Å². The monoisotopic (exact) mass is 448 g/mol. The highest BCUT2D eigenvalue weighted by Gasteiger charge is 2.17. The number of benzene rings is 2. The third-order valence-corrected chi connectivity index (χ3v) is 5.77. The Morgan fingerprint density at radius 2 is 1.81 bits per heavy atom. The summed E-state index contributed by atoms with van der Waals surface area (Å²) in [6, 6.07) is 19.5. The van der Waals surface area contributed by atoms with Crippen LogP contribution in [-0.2, 0) is 17.9 Å². The Bertz CT molecular complexity index is 1150. The summed E-state index contributed by atoms with van der Waals surface area (Å²) < 4.78 is 13.3. The number of rotatable bonds is 9. The van der Waals surface area contributed by atoms with E-state index in [1.807, 2.05) is 73.0 Å². The number of hydrogen-bond acceptors (Lipinski definition) is 6. The van der Waals surface area contributed by atoms with Crippen molar-refractivity contribution < 1.29 is 13.9 Å². The van der Waals surface area contributed by atoms with Crippen LogP contribution in [0.3, 0.4) is 0 Å². The topological polar surface area (TPSA) is 82.2 Å². The van der Waals surface area contributed by atoms with Gasteiger partial charge in [-0.25, -0.2) is 0 Å². The number of carbonyl (C=O) groups is 1. The van der Waals surface area contributed by atoms with Crippen molar-refractivity contribution in [2.75, 3.05) is 5.75 Å². The predicted molar refractivity (Wildman–Crippen MR) is 123 cm³/mol. The van der Waals surface area contributed by atoms with Crippen molar-refractivity contribution in [3.8, 4) is 11.4 Å². The van der Waals surface area contributed by atoms with Crippen molar-refractivity contribution >= 4 is 17.7 Å². The molecule has 4 rings (SSSR count). The molecule has 2 aromatic heterocycles. The number of amides is 1. The number of thioether (sulfide) groups is 1. The Morgan fingerprint density at radius 1 is 1.03 bits per heavy atom. The molecule has 8 heteroatoms. The SMILES string of the molecule is Cc1cccc(C)c1OCc1nnc(SCC(=O)NCc2ccco2)n1-c1ccccc1. The third kappa shape index (κ3) is 5.20.